The Bertz CT molecular complexity index is 594. The van der Waals surface area contributed by atoms with Gasteiger partial charge >= 0.3 is 5.97 Å². The lowest BCUT2D eigenvalue weighted by molar-refractivity contribution is -0.148. The fraction of sp³-hybridized carbons (Fsp3) is 0.412. The minimum Gasteiger partial charge on any atom is -0.452 e. The molecule has 4 nitrogen and oxygen atoms in total. The van der Waals surface area contributed by atoms with Crippen LogP contribution in [0.15, 0.2) is 24.3 Å². The third-order valence-electron chi connectivity index (χ3n) is 3.66. The van der Waals surface area contributed by atoms with Gasteiger partial charge in [-0.3, -0.25) is 4.79 Å². The topological polar surface area (TPSA) is 46.6 Å². The number of ether oxygens (including phenoxy) is 1. The summed E-state index contributed by atoms with van der Waals surface area (Å²) in [6.07, 6.45) is 7.11. The van der Waals surface area contributed by atoms with Crippen molar-refractivity contribution in [1.82, 2.24) is 4.90 Å². The van der Waals surface area contributed by atoms with E-state index in [2.05, 4.69) is 0 Å². The van der Waals surface area contributed by atoms with E-state index in [0.717, 1.165) is 38.8 Å². The van der Waals surface area contributed by atoms with E-state index >= 15 is 0 Å². The van der Waals surface area contributed by atoms with E-state index in [-0.39, 0.29) is 12.5 Å². The fourth-order valence-corrected chi connectivity index (χ4v) is 2.86. The molecular formula is C17H19Cl2NO3. The maximum absolute atomic E-state index is 12.0. The number of hydrogen-bond donors (Lipinski definition) is 0. The number of benzene rings is 1. The molecule has 23 heavy (non-hydrogen) atoms. The van der Waals surface area contributed by atoms with Gasteiger partial charge in [0.1, 0.15) is 0 Å². The van der Waals surface area contributed by atoms with Crippen molar-refractivity contribution in [3.05, 3.63) is 39.9 Å². The molecule has 1 aliphatic heterocycles. The standard InChI is InChI=1S/C17H19Cl2NO3/c18-14-7-5-13(15(19)11-14)6-8-17(22)23-12-16(21)20-9-3-1-2-4-10-20/h5-8,11H,1-4,9-10,12H2/b8-6+. The molecule has 0 aliphatic carbocycles. The Balaban J connectivity index is 1.82. The first-order valence-electron chi connectivity index (χ1n) is 7.64. The smallest absolute Gasteiger partial charge is 0.331 e. The summed E-state index contributed by atoms with van der Waals surface area (Å²) in [5.41, 5.74) is 0.659. The van der Waals surface area contributed by atoms with Gasteiger partial charge in [-0.15, -0.1) is 0 Å². The van der Waals surface area contributed by atoms with E-state index in [1.54, 1.807) is 23.1 Å². The number of rotatable bonds is 4. The van der Waals surface area contributed by atoms with Gasteiger partial charge < -0.3 is 9.64 Å². The van der Waals surface area contributed by atoms with Gasteiger partial charge in [0.2, 0.25) is 0 Å². The van der Waals surface area contributed by atoms with Crippen LogP contribution in [0, 0.1) is 0 Å². The summed E-state index contributed by atoms with van der Waals surface area (Å²) in [5.74, 6) is -0.711. The summed E-state index contributed by atoms with van der Waals surface area (Å²) in [6, 6.07) is 4.98. The highest BCUT2D eigenvalue weighted by Crippen LogP contribution is 2.22. The number of likely N-dealkylation sites (tertiary alicyclic amines) is 1. The van der Waals surface area contributed by atoms with Crippen LogP contribution in [0.25, 0.3) is 6.08 Å². The maximum atomic E-state index is 12.0. The van der Waals surface area contributed by atoms with Crippen LogP contribution in [0.1, 0.15) is 31.2 Å². The van der Waals surface area contributed by atoms with E-state index in [4.69, 9.17) is 27.9 Å². The highest BCUT2D eigenvalue weighted by atomic mass is 35.5. The second kappa shape index (κ2) is 8.94. The molecule has 0 spiro atoms. The van der Waals surface area contributed by atoms with Crippen LogP contribution >= 0.6 is 23.2 Å². The molecule has 1 aromatic carbocycles. The first-order valence-corrected chi connectivity index (χ1v) is 8.39. The number of carbonyl (C=O) groups excluding carboxylic acids is 2. The predicted octanol–water partition coefficient (Wildman–Crippen LogP) is 3.95. The van der Waals surface area contributed by atoms with Gasteiger partial charge in [0, 0.05) is 29.2 Å². The molecule has 0 saturated carbocycles. The zero-order chi connectivity index (χ0) is 16.7. The van der Waals surface area contributed by atoms with E-state index in [1.807, 2.05) is 0 Å². The number of nitrogens with zero attached hydrogens (tertiary/aromatic N) is 1. The lowest BCUT2D eigenvalue weighted by Gasteiger charge is -2.19. The molecule has 2 rings (SSSR count). The largest absolute Gasteiger partial charge is 0.452 e. The molecule has 0 aromatic heterocycles. The molecule has 6 heteroatoms. The van der Waals surface area contributed by atoms with E-state index in [1.165, 1.54) is 12.2 Å². The Hall–Kier alpha value is -1.52. The van der Waals surface area contributed by atoms with Crippen LogP contribution in [-0.2, 0) is 14.3 Å². The number of halogens is 2. The highest BCUT2D eigenvalue weighted by molar-refractivity contribution is 6.35. The van der Waals surface area contributed by atoms with Crippen LogP contribution in [0.2, 0.25) is 10.0 Å². The molecule has 124 valence electrons. The average molecular weight is 356 g/mol. The van der Waals surface area contributed by atoms with Crippen molar-refractivity contribution in [2.75, 3.05) is 19.7 Å². The molecule has 0 N–H and O–H groups in total. The molecule has 0 atom stereocenters. The van der Waals surface area contributed by atoms with Crippen LogP contribution in [0.4, 0.5) is 0 Å². The molecule has 1 aliphatic rings. The lowest BCUT2D eigenvalue weighted by atomic mass is 10.2. The van der Waals surface area contributed by atoms with Gasteiger partial charge in [-0.05, 0) is 36.6 Å². The van der Waals surface area contributed by atoms with Gasteiger partial charge in [0.05, 0.1) is 0 Å². The highest BCUT2D eigenvalue weighted by Gasteiger charge is 2.16. The van der Waals surface area contributed by atoms with E-state index in [9.17, 15) is 9.59 Å². The molecule has 0 radical (unpaired) electrons. The van der Waals surface area contributed by atoms with Crippen LogP contribution in [-0.4, -0.2) is 36.5 Å². The maximum Gasteiger partial charge on any atom is 0.331 e. The van der Waals surface area contributed by atoms with Gasteiger partial charge in [0.25, 0.3) is 5.91 Å². The predicted molar refractivity (Wildman–Crippen MR) is 91.5 cm³/mol. The second-order valence-corrected chi connectivity index (χ2v) is 6.25. The number of carbonyl (C=O) groups is 2. The first-order chi connectivity index (χ1) is 11.1. The third-order valence-corrected chi connectivity index (χ3v) is 4.22. The van der Waals surface area contributed by atoms with Crippen molar-refractivity contribution in [2.24, 2.45) is 0 Å². The Labute approximate surface area is 146 Å². The van der Waals surface area contributed by atoms with Crippen molar-refractivity contribution in [3.63, 3.8) is 0 Å². The van der Waals surface area contributed by atoms with Crippen molar-refractivity contribution in [3.8, 4) is 0 Å². The van der Waals surface area contributed by atoms with Crippen molar-refractivity contribution in [1.29, 1.82) is 0 Å². The fourth-order valence-electron chi connectivity index (χ4n) is 2.39. The van der Waals surface area contributed by atoms with Crippen LogP contribution < -0.4 is 0 Å². The number of hydrogen-bond acceptors (Lipinski definition) is 3. The summed E-state index contributed by atoms with van der Waals surface area (Å²) in [5, 5.41) is 0.972. The Kier molecular flexibility index (Phi) is 6.93. The molecular weight excluding hydrogens is 337 g/mol. The summed E-state index contributed by atoms with van der Waals surface area (Å²) in [4.78, 5) is 25.5. The molecule has 0 unspecified atom stereocenters. The summed E-state index contributed by atoms with van der Waals surface area (Å²) >= 11 is 11.8. The Morgan fingerprint density at radius 3 is 2.48 bits per heavy atom. The number of amides is 1. The Morgan fingerprint density at radius 1 is 1.13 bits per heavy atom. The van der Waals surface area contributed by atoms with Crippen molar-refractivity contribution < 1.29 is 14.3 Å². The Morgan fingerprint density at radius 2 is 1.83 bits per heavy atom. The van der Waals surface area contributed by atoms with Crippen molar-refractivity contribution in [2.45, 2.75) is 25.7 Å². The molecule has 1 amide bonds. The zero-order valence-corrected chi connectivity index (χ0v) is 14.3. The van der Waals surface area contributed by atoms with Gasteiger partial charge in [0.15, 0.2) is 6.61 Å². The van der Waals surface area contributed by atoms with E-state index < -0.39 is 5.97 Å². The minimum atomic E-state index is -0.570. The molecule has 1 aromatic rings. The monoisotopic (exact) mass is 355 g/mol. The third kappa shape index (κ3) is 5.88. The SMILES string of the molecule is O=C(/C=C/c1ccc(Cl)cc1Cl)OCC(=O)N1CCCCCC1. The summed E-state index contributed by atoms with van der Waals surface area (Å²) < 4.78 is 5.00. The van der Waals surface area contributed by atoms with Gasteiger partial charge in [-0.2, -0.15) is 0 Å². The van der Waals surface area contributed by atoms with E-state index in [0.29, 0.717) is 15.6 Å². The molecule has 1 heterocycles. The van der Waals surface area contributed by atoms with Gasteiger partial charge in [-0.25, -0.2) is 4.79 Å². The summed E-state index contributed by atoms with van der Waals surface area (Å²) in [7, 11) is 0. The molecule has 1 fully saturated rings. The van der Waals surface area contributed by atoms with Crippen LogP contribution in [0.3, 0.4) is 0 Å². The normalized spacial score (nSPS) is 15.5. The molecule has 0 bridgehead atoms. The first kappa shape index (κ1) is 17.8. The summed E-state index contributed by atoms with van der Waals surface area (Å²) in [6.45, 7) is 1.26. The van der Waals surface area contributed by atoms with Gasteiger partial charge in [-0.1, -0.05) is 42.1 Å². The lowest BCUT2D eigenvalue weighted by Crippen LogP contribution is -2.35. The second-order valence-electron chi connectivity index (χ2n) is 5.40. The van der Waals surface area contributed by atoms with Crippen LogP contribution in [0.5, 0.6) is 0 Å². The zero-order valence-electron chi connectivity index (χ0n) is 12.8. The molecule has 1 saturated heterocycles. The number of esters is 1. The minimum absolute atomic E-state index is 0.141. The quantitative estimate of drug-likeness (QED) is 0.606. The average Bonchev–Trinajstić information content (AvgIpc) is 2.81. The van der Waals surface area contributed by atoms with Crippen molar-refractivity contribution >= 4 is 41.2 Å².